The zero-order chi connectivity index (χ0) is 11.5. The van der Waals surface area contributed by atoms with Crippen LogP contribution in [-0.4, -0.2) is 17.0 Å². The van der Waals surface area contributed by atoms with E-state index in [2.05, 4.69) is 15.3 Å². The van der Waals surface area contributed by atoms with Crippen LogP contribution >= 0.6 is 11.6 Å². The van der Waals surface area contributed by atoms with E-state index in [1.165, 1.54) is 12.1 Å². The summed E-state index contributed by atoms with van der Waals surface area (Å²) in [5, 5.41) is 3.42. The summed E-state index contributed by atoms with van der Waals surface area (Å²) < 4.78 is 12.7. The lowest BCUT2D eigenvalue weighted by molar-refractivity contribution is 0.628. The maximum atomic E-state index is 12.7. The molecule has 0 saturated carbocycles. The summed E-state index contributed by atoms with van der Waals surface area (Å²) in [6, 6.07) is 6.11. The SMILES string of the molecule is CNCc1[nH]c(-c2ccc(F)cc2)nc1Cl. The topological polar surface area (TPSA) is 40.7 Å². The summed E-state index contributed by atoms with van der Waals surface area (Å²) in [7, 11) is 1.83. The standard InChI is InChI=1S/C11H11ClFN3/c1-14-6-9-10(12)16-11(15-9)7-2-4-8(13)5-3-7/h2-5,14H,6H2,1H3,(H,15,16). The van der Waals surface area contributed by atoms with E-state index in [-0.39, 0.29) is 5.82 Å². The van der Waals surface area contributed by atoms with E-state index in [9.17, 15) is 4.39 Å². The summed E-state index contributed by atoms with van der Waals surface area (Å²) in [5.74, 6) is 0.382. The second-order valence-corrected chi connectivity index (χ2v) is 3.75. The molecule has 0 amide bonds. The molecule has 1 heterocycles. The minimum absolute atomic E-state index is 0.267. The predicted octanol–water partition coefficient (Wildman–Crippen LogP) is 2.59. The molecule has 16 heavy (non-hydrogen) atoms. The molecule has 84 valence electrons. The maximum absolute atomic E-state index is 12.7. The molecule has 0 atom stereocenters. The average Bonchev–Trinajstić information content (AvgIpc) is 2.62. The van der Waals surface area contributed by atoms with E-state index in [4.69, 9.17) is 11.6 Å². The Morgan fingerprint density at radius 3 is 2.69 bits per heavy atom. The lowest BCUT2D eigenvalue weighted by Crippen LogP contribution is -2.05. The van der Waals surface area contributed by atoms with Gasteiger partial charge in [0.15, 0.2) is 5.15 Å². The lowest BCUT2D eigenvalue weighted by atomic mass is 10.2. The molecule has 5 heteroatoms. The highest BCUT2D eigenvalue weighted by Crippen LogP contribution is 2.21. The summed E-state index contributed by atoms with van der Waals surface area (Å²) >= 11 is 5.95. The zero-order valence-corrected chi connectivity index (χ0v) is 9.48. The Morgan fingerprint density at radius 1 is 1.38 bits per heavy atom. The maximum Gasteiger partial charge on any atom is 0.152 e. The van der Waals surface area contributed by atoms with Crippen LogP contribution in [0.2, 0.25) is 5.15 Å². The highest BCUT2D eigenvalue weighted by Gasteiger charge is 2.08. The molecule has 1 aromatic heterocycles. The van der Waals surface area contributed by atoms with Gasteiger partial charge >= 0.3 is 0 Å². The minimum atomic E-state index is -0.267. The van der Waals surface area contributed by atoms with Gasteiger partial charge in [0.05, 0.1) is 5.69 Å². The molecule has 0 aliphatic carbocycles. The molecule has 0 fully saturated rings. The van der Waals surface area contributed by atoms with Crippen molar-refractivity contribution in [2.24, 2.45) is 0 Å². The van der Waals surface area contributed by atoms with Gasteiger partial charge in [-0.3, -0.25) is 0 Å². The van der Waals surface area contributed by atoms with Crippen molar-refractivity contribution >= 4 is 11.6 Å². The number of nitrogens with one attached hydrogen (secondary N) is 2. The van der Waals surface area contributed by atoms with E-state index in [1.807, 2.05) is 7.05 Å². The average molecular weight is 240 g/mol. The molecule has 0 unspecified atom stereocenters. The molecule has 2 rings (SSSR count). The summed E-state index contributed by atoms with van der Waals surface area (Å²) in [4.78, 5) is 7.27. The molecular formula is C11H11ClFN3. The fourth-order valence-corrected chi connectivity index (χ4v) is 1.63. The van der Waals surface area contributed by atoms with Crippen LogP contribution in [-0.2, 0) is 6.54 Å². The summed E-state index contributed by atoms with van der Waals surface area (Å²) in [6.07, 6.45) is 0. The first-order valence-electron chi connectivity index (χ1n) is 4.85. The van der Waals surface area contributed by atoms with Crippen LogP contribution in [0.1, 0.15) is 5.69 Å². The van der Waals surface area contributed by atoms with Gasteiger partial charge in [-0.15, -0.1) is 0 Å². The first-order valence-corrected chi connectivity index (χ1v) is 5.23. The molecular weight excluding hydrogens is 229 g/mol. The number of nitrogens with zero attached hydrogens (tertiary/aromatic N) is 1. The Bertz CT molecular complexity index is 478. The van der Waals surface area contributed by atoms with Crippen molar-refractivity contribution in [3.05, 3.63) is 40.9 Å². The number of hydrogen-bond donors (Lipinski definition) is 2. The molecule has 0 radical (unpaired) electrons. The molecule has 2 aromatic rings. The van der Waals surface area contributed by atoms with Crippen LogP contribution in [0.4, 0.5) is 4.39 Å². The van der Waals surface area contributed by atoms with Crippen LogP contribution < -0.4 is 5.32 Å². The van der Waals surface area contributed by atoms with Gasteiger partial charge in [-0.2, -0.15) is 0 Å². The van der Waals surface area contributed by atoms with Crippen molar-refractivity contribution in [3.63, 3.8) is 0 Å². The quantitative estimate of drug-likeness (QED) is 0.865. The number of halogens is 2. The first kappa shape index (κ1) is 11.1. The van der Waals surface area contributed by atoms with Crippen LogP contribution in [0.3, 0.4) is 0 Å². The fourth-order valence-electron chi connectivity index (χ4n) is 1.43. The van der Waals surface area contributed by atoms with E-state index >= 15 is 0 Å². The lowest BCUT2D eigenvalue weighted by Gasteiger charge is -1.96. The first-order chi connectivity index (χ1) is 7.70. The molecule has 2 N–H and O–H groups in total. The van der Waals surface area contributed by atoms with Gasteiger partial charge in [-0.05, 0) is 31.3 Å². The van der Waals surface area contributed by atoms with E-state index in [0.29, 0.717) is 17.5 Å². The predicted molar refractivity (Wildman–Crippen MR) is 61.8 cm³/mol. The molecule has 0 aliphatic rings. The highest BCUT2D eigenvalue weighted by atomic mass is 35.5. The van der Waals surface area contributed by atoms with Crippen LogP contribution in [0.15, 0.2) is 24.3 Å². The second kappa shape index (κ2) is 4.63. The van der Waals surface area contributed by atoms with E-state index < -0.39 is 0 Å². The molecule has 0 spiro atoms. The number of imidazole rings is 1. The van der Waals surface area contributed by atoms with Crippen molar-refractivity contribution in [2.45, 2.75) is 6.54 Å². The molecule has 0 bridgehead atoms. The van der Waals surface area contributed by atoms with Gasteiger partial charge in [0.25, 0.3) is 0 Å². The van der Waals surface area contributed by atoms with Gasteiger partial charge in [-0.25, -0.2) is 9.37 Å². The largest absolute Gasteiger partial charge is 0.339 e. The second-order valence-electron chi connectivity index (χ2n) is 3.39. The van der Waals surface area contributed by atoms with Gasteiger partial charge < -0.3 is 10.3 Å². The molecule has 0 saturated heterocycles. The number of rotatable bonds is 3. The van der Waals surface area contributed by atoms with Crippen molar-refractivity contribution in [3.8, 4) is 11.4 Å². The third-order valence-electron chi connectivity index (χ3n) is 2.20. The monoisotopic (exact) mass is 239 g/mol. The van der Waals surface area contributed by atoms with Crippen LogP contribution in [0.5, 0.6) is 0 Å². The minimum Gasteiger partial charge on any atom is -0.339 e. The number of hydrogen-bond acceptors (Lipinski definition) is 2. The number of aromatic amines is 1. The normalized spacial score (nSPS) is 10.7. The third-order valence-corrected chi connectivity index (χ3v) is 2.51. The van der Waals surface area contributed by atoms with Crippen molar-refractivity contribution in [1.82, 2.24) is 15.3 Å². The van der Waals surface area contributed by atoms with Crippen LogP contribution in [0, 0.1) is 5.82 Å². The summed E-state index contributed by atoms with van der Waals surface area (Å²) in [6.45, 7) is 0.618. The van der Waals surface area contributed by atoms with Crippen molar-refractivity contribution in [2.75, 3.05) is 7.05 Å². The number of benzene rings is 1. The van der Waals surface area contributed by atoms with Gasteiger partial charge in [0.1, 0.15) is 11.6 Å². The third kappa shape index (κ3) is 2.23. The fraction of sp³-hybridized carbons (Fsp3) is 0.182. The van der Waals surface area contributed by atoms with Gasteiger partial charge in [-0.1, -0.05) is 11.6 Å². The van der Waals surface area contributed by atoms with E-state index in [0.717, 1.165) is 11.3 Å². The molecule has 1 aromatic carbocycles. The smallest absolute Gasteiger partial charge is 0.152 e. The summed E-state index contributed by atoms with van der Waals surface area (Å²) in [5.41, 5.74) is 1.63. The Labute approximate surface area is 97.7 Å². The Hall–Kier alpha value is -1.39. The van der Waals surface area contributed by atoms with Crippen LogP contribution in [0.25, 0.3) is 11.4 Å². The van der Waals surface area contributed by atoms with Crippen molar-refractivity contribution < 1.29 is 4.39 Å². The van der Waals surface area contributed by atoms with Gasteiger partial charge in [0, 0.05) is 12.1 Å². The zero-order valence-electron chi connectivity index (χ0n) is 8.72. The number of H-pyrrole nitrogens is 1. The molecule has 0 aliphatic heterocycles. The molecule has 3 nitrogen and oxygen atoms in total. The number of aromatic nitrogens is 2. The Kier molecular flexibility index (Phi) is 3.22. The highest BCUT2D eigenvalue weighted by molar-refractivity contribution is 6.30. The van der Waals surface area contributed by atoms with Gasteiger partial charge in [0.2, 0.25) is 0 Å². The Balaban J connectivity index is 2.33. The van der Waals surface area contributed by atoms with Crippen molar-refractivity contribution in [1.29, 1.82) is 0 Å². The Morgan fingerprint density at radius 2 is 2.06 bits per heavy atom. The van der Waals surface area contributed by atoms with E-state index in [1.54, 1.807) is 12.1 Å².